The van der Waals surface area contributed by atoms with Crippen LogP contribution in [-0.4, -0.2) is 46.9 Å². The number of methoxy groups -OCH3 is 2. The summed E-state index contributed by atoms with van der Waals surface area (Å²) in [6, 6.07) is 32.6. The number of rotatable bonds is 12. The van der Waals surface area contributed by atoms with Crippen LogP contribution in [0.5, 0.6) is 17.2 Å². The molecule has 5 aromatic rings. The zero-order chi connectivity index (χ0) is 29.1. The molecule has 0 saturated carbocycles. The highest BCUT2D eigenvalue weighted by Gasteiger charge is 2.17. The zero-order valence-electron chi connectivity index (χ0n) is 23.1. The third kappa shape index (κ3) is 7.35. The van der Waals surface area contributed by atoms with Crippen molar-refractivity contribution in [3.8, 4) is 34.3 Å². The number of carbonyl (C=O) groups excluding carboxylic acids is 1. The van der Waals surface area contributed by atoms with Gasteiger partial charge in [-0.1, -0.05) is 54.2 Å². The van der Waals surface area contributed by atoms with Crippen LogP contribution >= 0.6 is 11.8 Å². The van der Waals surface area contributed by atoms with Crippen molar-refractivity contribution in [3.05, 3.63) is 114 Å². The molecule has 0 spiro atoms. The predicted molar refractivity (Wildman–Crippen MR) is 164 cm³/mol. The summed E-state index contributed by atoms with van der Waals surface area (Å²) in [6.07, 6.45) is 1.58. The zero-order valence-corrected chi connectivity index (χ0v) is 24.0. The molecule has 1 aromatic heterocycles. The molecule has 0 fully saturated rings. The molecule has 0 aliphatic carbocycles. The lowest BCUT2D eigenvalue weighted by Gasteiger charge is -2.11. The number of aromatic nitrogens is 3. The van der Waals surface area contributed by atoms with Gasteiger partial charge in [-0.05, 0) is 71.8 Å². The van der Waals surface area contributed by atoms with Crippen LogP contribution < -0.4 is 19.6 Å². The van der Waals surface area contributed by atoms with E-state index >= 15 is 0 Å². The van der Waals surface area contributed by atoms with Gasteiger partial charge in [-0.3, -0.25) is 9.36 Å². The van der Waals surface area contributed by atoms with E-state index in [1.54, 1.807) is 20.4 Å². The Balaban J connectivity index is 1.24. The van der Waals surface area contributed by atoms with Crippen LogP contribution in [0.4, 0.5) is 0 Å². The smallest absolute Gasteiger partial charge is 0.250 e. The molecular weight excluding hydrogens is 550 g/mol. The van der Waals surface area contributed by atoms with E-state index in [9.17, 15) is 4.79 Å². The average Bonchev–Trinajstić information content (AvgIpc) is 3.47. The fraction of sp³-hybridized carbons (Fsp3) is 0.125. The maximum Gasteiger partial charge on any atom is 0.250 e. The molecule has 0 aliphatic rings. The van der Waals surface area contributed by atoms with E-state index in [0.717, 1.165) is 39.6 Å². The molecule has 10 heteroatoms. The number of benzene rings is 4. The van der Waals surface area contributed by atoms with Crippen molar-refractivity contribution >= 4 is 23.9 Å². The summed E-state index contributed by atoms with van der Waals surface area (Å²) in [4.78, 5) is 12.7. The highest BCUT2D eigenvalue weighted by atomic mass is 32.2. The number of ether oxygens (including phenoxy) is 3. The highest BCUT2D eigenvalue weighted by molar-refractivity contribution is 7.99. The molecule has 1 amide bonds. The standard InChI is InChI=1S/C32H29N5O4S/c1-39-27-15-11-25(12-16-27)31-35-36-32(37(31)26-13-17-28(40-2)18-14-26)42-22-30(38)34-33-20-24-9-6-10-29(19-24)41-21-23-7-4-3-5-8-23/h3-20H,21-22H2,1-2H3,(H,34,38)/b33-20-. The first kappa shape index (κ1) is 28.4. The Kier molecular flexibility index (Phi) is 9.48. The van der Waals surface area contributed by atoms with Gasteiger partial charge < -0.3 is 14.2 Å². The van der Waals surface area contributed by atoms with Crippen molar-refractivity contribution in [2.75, 3.05) is 20.0 Å². The Morgan fingerprint density at radius 1 is 0.857 bits per heavy atom. The number of hydrogen-bond donors (Lipinski definition) is 1. The van der Waals surface area contributed by atoms with E-state index < -0.39 is 0 Å². The predicted octanol–water partition coefficient (Wildman–Crippen LogP) is 5.77. The molecule has 0 unspecified atom stereocenters. The molecule has 1 heterocycles. The second-order valence-corrected chi connectivity index (χ2v) is 9.94. The lowest BCUT2D eigenvalue weighted by atomic mass is 10.2. The Morgan fingerprint density at radius 3 is 2.29 bits per heavy atom. The van der Waals surface area contributed by atoms with Gasteiger partial charge in [-0.2, -0.15) is 5.10 Å². The molecule has 0 radical (unpaired) electrons. The second-order valence-electron chi connectivity index (χ2n) is 9.00. The maximum absolute atomic E-state index is 12.7. The summed E-state index contributed by atoms with van der Waals surface area (Å²) in [7, 11) is 3.24. The first-order chi connectivity index (χ1) is 20.6. The van der Waals surface area contributed by atoms with Gasteiger partial charge in [0.1, 0.15) is 23.9 Å². The van der Waals surface area contributed by atoms with Gasteiger partial charge in [0.25, 0.3) is 5.91 Å². The third-order valence-electron chi connectivity index (χ3n) is 6.15. The van der Waals surface area contributed by atoms with E-state index in [0.29, 0.717) is 17.6 Å². The van der Waals surface area contributed by atoms with Crippen molar-refractivity contribution in [3.63, 3.8) is 0 Å². The van der Waals surface area contributed by atoms with Crippen molar-refractivity contribution in [2.24, 2.45) is 5.10 Å². The minimum Gasteiger partial charge on any atom is -0.497 e. The molecule has 5 rings (SSSR count). The van der Waals surface area contributed by atoms with Crippen LogP contribution in [0.15, 0.2) is 113 Å². The van der Waals surface area contributed by atoms with Crippen molar-refractivity contribution in [2.45, 2.75) is 11.8 Å². The van der Waals surface area contributed by atoms with Gasteiger partial charge >= 0.3 is 0 Å². The number of amides is 1. The first-order valence-electron chi connectivity index (χ1n) is 13.1. The fourth-order valence-electron chi connectivity index (χ4n) is 4.02. The summed E-state index contributed by atoms with van der Waals surface area (Å²) in [6.45, 7) is 0.469. The number of carbonyl (C=O) groups is 1. The first-order valence-corrected chi connectivity index (χ1v) is 14.1. The molecule has 0 aliphatic heterocycles. The minimum absolute atomic E-state index is 0.0917. The molecule has 0 saturated heterocycles. The quantitative estimate of drug-likeness (QED) is 0.114. The number of thioether (sulfide) groups is 1. The van der Waals surface area contributed by atoms with Crippen LogP contribution in [0.2, 0.25) is 0 Å². The van der Waals surface area contributed by atoms with Crippen molar-refractivity contribution in [1.29, 1.82) is 0 Å². The second kappa shape index (κ2) is 14.0. The minimum atomic E-state index is -0.275. The van der Waals surface area contributed by atoms with E-state index in [4.69, 9.17) is 14.2 Å². The number of hydrogen-bond acceptors (Lipinski definition) is 8. The normalized spacial score (nSPS) is 10.9. The topological polar surface area (TPSA) is 99.9 Å². The van der Waals surface area contributed by atoms with Gasteiger partial charge in [0.05, 0.1) is 26.2 Å². The SMILES string of the molecule is COc1ccc(-c2nnc(SCC(=O)N/N=C\c3cccc(OCc4ccccc4)c3)n2-c2ccc(OC)cc2)cc1. The molecule has 9 nitrogen and oxygen atoms in total. The summed E-state index contributed by atoms with van der Waals surface area (Å²) in [5.41, 5.74) is 6.16. The number of nitrogens with zero attached hydrogens (tertiary/aromatic N) is 4. The van der Waals surface area contributed by atoms with Crippen LogP contribution in [0, 0.1) is 0 Å². The van der Waals surface area contributed by atoms with E-state index in [-0.39, 0.29) is 11.7 Å². The fourth-order valence-corrected chi connectivity index (χ4v) is 4.77. The van der Waals surface area contributed by atoms with E-state index in [2.05, 4.69) is 20.7 Å². The maximum atomic E-state index is 12.7. The van der Waals surface area contributed by atoms with E-state index in [1.165, 1.54) is 11.8 Å². The number of hydrazone groups is 1. The van der Waals surface area contributed by atoms with E-state index in [1.807, 2.05) is 108 Å². The molecule has 42 heavy (non-hydrogen) atoms. The lowest BCUT2D eigenvalue weighted by Crippen LogP contribution is -2.20. The largest absolute Gasteiger partial charge is 0.497 e. The molecule has 4 aromatic carbocycles. The lowest BCUT2D eigenvalue weighted by molar-refractivity contribution is -0.118. The van der Waals surface area contributed by atoms with Gasteiger partial charge in [-0.25, -0.2) is 5.43 Å². The molecule has 212 valence electrons. The summed E-state index contributed by atoms with van der Waals surface area (Å²) in [5, 5.41) is 13.5. The molecule has 0 bridgehead atoms. The summed E-state index contributed by atoms with van der Waals surface area (Å²) in [5.74, 6) is 2.65. The Bertz CT molecular complexity index is 1640. The van der Waals surface area contributed by atoms with Gasteiger partial charge in [0, 0.05) is 11.3 Å². The summed E-state index contributed by atoms with van der Waals surface area (Å²) < 4.78 is 18.4. The van der Waals surface area contributed by atoms with Gasteiger partial charge in [-0.15, -0.1) is 10.2 Å². The van der Waals surface area contributed by atoms with Crippen LogP contribution in [0.3, 0.4) is 0 Å². The molecular formula is C32H29N5O4S. The van der Waals surface area contributed by atoms with Gasteiger partial charge in [0.2, 0.25) is 0 Å². The highest BCUT2D eigenvalue weighted by Crippen LogP contribution is 2.29. The van der Waals surface area contributed by atoms with Crippen LogP contribution in [-0.2, 0) is 11.4 Å². The Morgan fingerprint density at radius 2 is 1.57 bits per heavy atom. The molecule has 1 N–H and O–H groups in total. The van der Waals surface area contributed by atoms with Crippen molar-refractivity contribution < 1.29 is 19.0 Å². The van der Waals surface area contributed by atoms with Crippen LogP contribution in [0.25, 0.3) is 17.1 Å². The number of nitrogens with one attached hydrogen (secondary N) is 1. The summed E-state index contributed by atoms with van der Waals surface area (Å²) >= 11 is 1.26. The van der Waals surface area contributed by atoms with Crippen LogP contribution in [0.1, 0.15) is 11.1 Å². The van der Waals surface area contributed by atoms with Gasteiger partial charge in [0.15, 0.2) is 11.0 Å². The van der Waals surface area contributed by atoms with Crippen molar-refractivity contribution in [1.82, 2.24) is 20.2 Å². The Labute approximate surface area is 248 Å². The molecule has 0 atom stereocenters. The monoisotopic (exact) mass is 579 g/mol. The third-order valence-corrected chi connectivity index (χ3v) is 7.08. The Hall–Kier alpha value is -5.09. The average molecular weight is 580 g/mol.